The number of carbonyl (C=O) groups is 1. The first-order valence-corrected chi connectivity index (χ1v) is 11.8. The molecule has 5 nitrogen and oxygen atoms in total. The number of sulfonamides is 1. The van der Waals surface area contributed by atoms with E-state index in [1.165, 1.54) is 32.3 Å². The van der Waals surface area contributed by atoms with Crippen molar-refractivity contribution in [2.24, 2.45) is 0 Å². The molecule has 0 fully saturated rings. The van der Waals surface area contributed by atoms with Crippen LogP contribution in [0, 0.1) is 5.82 Å². The van der Waals surface area contributed by atoms with Gasteiger partial charge in [-0.25, -0.2) is 12.8 Å². The van der Waals surface area contributed by atoms with Gasteiger partial charge in [-0.05, 0) is 47.7 Å². The molecule has 8 heteroatoms. The lowest BCUT2D eigenvalue weighted by Crippen LogP contribution is -2.35. The van der Waals surface area contributed by atoms with Crippen molar-refractivity contribution in [2.75, 3.05) is 13.6 Å². The molecular formula is C22H21FN2O3S2. The topological polar surface area (TPSA) is 57.7 Å². The third-order valence-electron chi connectivity index (χ3n) is 5.20. The molecule has 2 heterocycles. The van der Waals surface area contributed by atoms with Crippen molar-refractivity contribution in [1.82, 2.24) is 9.21 Å². The van der Waals surface area contributed by atoms with E-state index in [2.05, 4.69) is 0 Å². The monoisotopic (exact) mass is 444 g/mol. The summed E-state index contributed by atoms with van der Waals surface area (Å²) < 4.78 is 41.7. The molecule has 0 radical (unpaired) electrons. The van der Waals surface area contributed by atoms with Crippen molar-refractivity contribution in [1.29, 1.82) is 0 Å². The number of amides is 1. The van der Waals surface area contributed by atoms with Crippen LogP contribution in [0.1, 0.15) is 26.4 Å². The van der Waals surface area contributed by atoms with E-state index in [1.807, 2.05) is 11.4 Å². The number of thiophene rings is 1. The van der Waals surface area contributed by atoms with E-state index in [9.17, 15) is 17.6 Å². The van der Waals surface area contributed by atoms with Crippen molar-refractivity contribution in [3.8, 4) is 0 Å². The molecule has 0 unspecified atom stereocenters. The molecule has 4 rings (SSSR count). The molecule has 1 amide bonds. The Morgan fingerprint density at radius 2 is 1.97 bits per heavy atom. The number of carbonyl (C=O) groups excluding carboxylic acids is 1. The van der Waals surface area contributed by atoms with Crippen LogP contribution >= 0.6 is 11.3 Å². The molecule has 0 spiro atoms. The quantitative estimate of drug-likeness (QED) is 0.600. The van der Waals surface area contributed by atoms with E-state index in [4.69, 9.17) is 0 Å². The second-order valence-electron chi connectivity index (χ2n) is 7.24. The summed E-state index contributed by atoms with van der Waals surface area (Å²) in [6, 6.07) is 14.3. The molecule has 0 atom stereocenters. The Balaban J connectivity index is 1.55. The molecule has 0 N–H and O–H groups in total. The first-order valence-electron chi connectivity index (χ1n) is 9.50. The summed E-state index contributed by atoms with van der Waals surface area (Å²) in [5.41, 5.74) is 1.69. The second-order valence-corrected chi connectivity index (χ2v) is 10.2. The van der Waals surface area contributed by atoms with Crippen LogP contribution < -0.4 is 0 Å². The van der Waals surface area contributed by atoms with E-state index < -0.39 is 10.0 Å². The first-order chi connectivity index (χ1) is 14.4. The van der Waals surface area contributed by atoms with Gasteiger partial charge in [0.2, 0.25) is 10.0 Å². The van der Waals surface area contributed by atoms with Crippen molar-refractivity contribution < 1.29 is 17.6 Å². The summed E-state index contributed by atoms with van der Waals surface area (Å²) in [7, 11) is -2.15. The number of halogens is 1. The number of hydrogen-bond acceptors (Lipinski definition) is 4. The second kappa shape index (κ2) is 8.29. The Morgan fingerprint density at radius 3 is 2.77 bits per heavy atom. The average molecular weight is 445 g/mol. The molecule has 3 aromatic rings. The molecule has 1 aromatic heterocycles. The zero-order chi connectivity index (χ0) is 21.3. The van der Waals surface area contributed by atoms with E-state index in [1.54, 1.807) is 48.7 Å². The third kappa shape index (κ3) is 4.03. The van der Waals surface area contributed by atoms with Gasteiger partial charge in [0.25, 0.3) is 5.91 Å². The molecule has 0 bridgehead atoms. The van der Waals surface area contributed by atoms with Crippen LogP contribution in [0.2, 0.25) is 0 Å². The zero-order valence-electron chi connectivity index (χ0n) is 16.4. The van der Waals surface area contributed by atoms with E-state index >= 15 is 0 Å². The predicted molar refractivity (Wildman–Crippen MR) is 114 cm³/mol. The number of fused-ring (bicyclic) bond motifs is 1. The van der Waals surface area contributed by atoms with Crippen LogP contribution in [-0.2, 0) is 29.5 Å². The van der Waals surface area contributed by atoms with Gasteiger partial charge in [0.1, 0.15) is 5.82 Å². The Labute approximate surface area is 179 Å². The summed E-state index contributed by atoms with van der Waals surface area (Å²) in [5.74, 6) is -0.750. The van der Waals surface area contributed by atoms with Gasteiger partial charge < -0.3 is 4.90 Å². The van der Waals surface area contributed by atoms with Crippen LogP contribution in [0.4, 0.5) is 4.39 Å². The van der Waals surface area contributed by atoms with Crippen molar-refractivity contribution in [3.05, 3.63) is 87.4 Å². The molecule has 156 valence electrons. The summed E-state index contributed by atoms with van der Waals surface area (Å²) in [6.45, 7) is 0.850. The zero-order valence-corrected chi connectivity index (χ0v) is 18.0. The highest BCUT2D eigenvalue weighted by Crippen LogP contribution is 2.28. The minimum absolute atomic E-state index is 0.0892. The number of nitrogens with zero attached hydrogens (tertiary/aromatic N) is 2. The highest BCUT2D eigenvalue weighted by Gasteiger charge is 2.29. The summed E-state index contributed by atoms with van der Waals surface area (Å²) in [5, 5.41) is 1.98. The fourth-order valence-corrected chi connectivity index (χ4v) is 5.90. The maximum atomic E-state index is 13.9. The first kappa shape index (κ1) is 20.7. The molecular weight excluding hydrogens is 423 g/mol. The van der Waals surface area contributed by atoms with Gasteiger partial charge in [0.15, 0.2) is 0 Å². The highest BCUT2D eigenvalue weighted by atomic mass is 32.2. The van der Waals surface area contributed by atoms with Crippen LogP contribution in [0.3, 0.4) is 0 Å². The minimum Gasteiger partial charge on any atom is -0.337 e. The van der Waals surface area contributed by atoms with Crippen LogP contribution in [0.5, 0.6) is 0 Å². The van der Waals surface area contributed by atoms with E-state index in [-0.39, 0.29) is 28.7 Å². The average Bonchev–Trinajstić information content (AvgIpc) is 3.23. The molecule has 1 aliphatic heterocycles. The fourth-order valence-electron chi connectivity index (χ4n) is 3.54. The van der Waals surface area contributed by atoms with Gasteiger partial charge in [0, 0.05) is 42.7 Å². The third-order valence-corrected chi connectivity index (χ3v) is 8.07. The highest BCUT2D eigenvalue weighted by molar-refractivity contribution is 7.89. The number of rotatable bonds is 5. The van der Waals surface area contributed by atoms with Crippen LogP contribution in [0.15, 0.2) is 64.9 Å². The molecule has 30 heavy (non-hydrogen) atoms. The lowest BCUT2D eigenvalue weighted by Gasteiger charge is -2.26. The van der Waals surface area contributed by atoms with Gasteiger partial charge >= 0.3 is 0 Å². The van der Waals surface area contributed by atoms with Crippen LogP contribution in [-0.4, -0.2) is 37.1 Å². The maximum Gasteiger partial charge on any atom is 0.253 e. The van der Waals surface area contributed by atoms with E-state index in [0.29, 0.717) is 25.1 Å². The Hall–Kier alpha value is -2.55. The normalized spacial score (nSPS) is 14.3. The van der Waals surface area contributed by atoms with E-state index in [0.717, 1.165) is 5.56 Å². The van der Waals surface area contributed by atoms with Gasteiger partial charge in [-0.15, -0.1) is 11.3 Å². The van der Waals surface area contributed by atoms with Crippen molar-refractivity contribution >= 4 is 27.3 Å². The molecule has 0 saturated carbocycles. The minimum atomic E-state index is -3.72. The Bertz CT molecular complexity index is 1190. The molecule has 0 aliphatic carbocycles. The summed E-state index contributed by atoms with van der Waals surface area (Å²) in [4.78, 5) is 15.5. The standard InChI is InChI=1S/C22H21FN2O3S2/c1-24(14-17-5-2-3-8-20(17)23)22(26)16-6-4-7-19(13-16)30(27,28)25-11-9-21-18(15-25)10-12-29-21/h2-8,10,12-13H,9,11,14-15H2,1H3. The Morgan fingerprint density at radius 1 is 1.17 bits per heavy atom. The smallest absolute Gasteiger partial charge is 0.253 e. The molecule has 1 aliphatic rings. The summed E-state index contributed by atoms with van der Waals surface area (Å²) in [6.07, 6.45) is 0.691. The lowest BCUT2D eigenvalue weighted by atomic mass is 10.1. The van der Waals surface area contributed by atoms with Gasteiger partial charge in [-0.2, -0.15) is 4.31 Å². The number of hydrogen-bond donors (Lipinski definition) is 0. The lowest BCUT2D eigenvalue weighted by molar-refractivity contribution is 0.0783. The van der Waals surface area contributed by atoms with Gasteiger partial charge in [0.05, 0.1) is 4.90 Å². The van der Waals surface area contributed by atoms with Crippen molar-refractivity contribution in [2.45, 2.75) is 24.4 Å². The fraction of sp³-hybridized carbons (Fsp3) is 0.227. The number of benzene rings is 2. The Kier molecular flexibility index (Phi) is 5.73. The van der Waals surface area contributed by atoms with Gasteiger partial charge in [-0.3, -0.25) is 4.79 Å². The maximum absolute atomic E-state index is 13.9. The van der Waals surface area contributed by atoms with Crippen LogP contribution in [0.25, 0.3) is 0 Å². The van der Waals surface area contributed by atoms with Crippen molar-refractivity contribution in [3.63, 3.8) is 0 Å². The SMILES string of the molecule is CN(Cc1ccccc1F)C(=O)c1cccc(S(=O)(=O)N2CCc3sccc3C2)c1. The predicted octanol–water partition coefficient (Wildman–Crippen LogP) is 3.91. The molecule has 2 aromatic carbocycles. The summed E-state index contributed by atoms with van der Waals surface area (Å²) >= 11 is 1.65. The molecule has 0 saturated heterocycles. The van der Waals surface area contributed by atoms with Gasteiger partial charge in [-0.1, -0.05) is 24.3 Å². The largest absolute Gasteiger partial charge is 0.337 e.